The summed E-state index contributed by atoms with van der Waals surface area (Å²) in [6, 6.07) is 33.5. The van der Waals surface area contributed by atoms with Crippen LogP contribution in [0, 0.1) is 0 Å². The largest absolute Gasteiger partial charge is 0.496 e. The van der Waals surface area contributed by atoms with E-state index in [1.807, 2.05) is 12.1 Å². The maximum Gasteiger partial charge on any atom is 0.129 e. The molecule has 150 valence electrons. The highest BCUT2D eigenvalue weighted by molar-refractivity contribution is 5.73. The lowest BCUT2D eigenvalue weighted by atomic mass is 9.95. The van der Waals surface area contributed by atoms with E-state index in [0.717, 1.165) is 35.5 Å². The third-order valence-corrected chi connectivity index (χ3v) is 5.43. The Hall–Kier alpha value is -3.52. The van der Waals surface area contributed by atoms with Crippen LogP contribution in [0.4, 0.5) is 0 Å². The Morgan fingerprint density at radius 3 is 1.23 bits per heavy atom. The summed E-state index contributed by atoms with van der Waals surface area (Å²) in [5.74, 6) is 1.89. The fraction of sp³-hybridized carbons (Fsp3) is 0.143. The van der Waals surface area contributed by atoms with Crippen LogP contribution in [0.1, 0.15) is 11.1 Å². The van der Waals surface area contributed by atoms with Crippen molar-refractivity contribution in [3.8, 4) is 33.8 Å². The summed E-state index contributed by atoms with van der Waals surface area (Å²) in [4.78, 5) is 0. The van der Waals surface area contributed by atoms with Crippen molar-refractivity contribution in [2.75, 3.05) is 14.2 Å². The third-order valence-electron chi connectivity index (χ3n) is 5.43. The Labute approximate surface area is 178 Å². The molecule has 4 aromatic rings. The Bertz CT molecular complexity index is 1010. The number of methoxy groups -OCH3 is 2. The van der Waals surface area contributed by atoms with Crippen molar-refractivity contribution in [2.24, 2.45) is 0 Å². The van der Waals surface area contributed by atoms with Crippen LogP contribution in [0.3, 0.4) is 0 Å². The van der Waals surface area contributed by atoms with E-state index >= 15 is 0 Å². The lowest BCUT2D eigenvalue weighted by Gasteiger charge is -2.16. The Morgan fingerprint density at radius 1 is 0.467 bits per heavy atom. The van der Waals surface area contributed by atoms with Crippen LogP contribution in [0.15, 0.2) is 97.1 Å². The van der Waals surface area contributed by atoms with Crippen molar-refractivity contribution in [3.05, 3.63) is 108 Å². The molecule has 0 aromatic heterocycles. The second-order valence-corrected chi connectivity index (χ2v) is 7.23. The van der Waals surface area contributed by atoms with Gasteiger partial charge in [-0.3, -0.25) is 0 Å². The fourth-order valence-corrected chi connectivity index (χ4v) is 4.00. The lowest BCUT2D eigenvalue weighted by Crippen LogP contribution is -2.00. The van der Waals surface area contributed by atoms with E-state index in [9.17, 15) is 0 Å². The van der Waals surface area contributed by atoms with Gasteiger partial charge in [-0.05, 0) is 35.1 Å². The van der Waals surface area contributed by atoms with Gasteiger partial charge in [-0.25, -0.2) is 0 Å². The standard InChI is InChI=1S/C28H26O2/c1-29-27-23(15-9-17-25(27)21-11-5-3-6-12-21)19-20-24-16-10-18-26(28(24)30-2)22-13-7-4-8-14-22/h3-18H,19-20H2,1-2H3. The number of benzene rings is 4. The highest BCUT2D eigenvalue weighted by Crippen LogP contribution is 2.36. The van der Waals surface area contributed by atoms with Crippen molar-refractivity contribution in [1.29, 1.82) is 0 Å². The van der Waals surface area contributed by atoms with Gasteiger partial charge in [0.05, 0.1) is 14.2 Å². The first-order valence-electron chi connectivity index (χ1n) is 10.2. The number of hydrogen-bond acceptors (Lipinski definition) is 2. The van der Waals surface area contributed by atoms with E-state index in [1.54, 1.807) is 14.2 Å². The van der Waals surface area contributed by atoms with Gasteiger partial charge in [0.15, 0.2) is 0 Å². The van der Waals surface area contributed by atoms with Gasteiger partial charge in [0, 0.05) is 11.1 Å². The van der Waals surface area contributed by atoms with Crippen molar-refractivity contribution < 1.29 is 9.47 Å². The summed E-state index contributed by atoms with van der Waals surface area (Å²) < 4.78 is 11.7. The molecule has 0 radical (unpaired) electrons. The van der Waals surface area contributed by atoms with Gasteiger partial charge in [-0.2, -0.15) is 0 Å². The normalized spacial score (nSPS) is 10.6. The van der Waals surface area contributed by atoms with Crippen LogP contribution in [-0.2, 0) is 12.8 Å². The first kappa shape index (κ1) is 19.8. The smallest absolute Gasteiger partial charge is 0.129 e. The average Bonchev–Trinajstić information content (AvgIpc) is 2.83. The third kappa shape index (κ3) is 4.08. The van der Waals surface area contributed by atoms with E-state index in [4.69, 9.17) is 9.47 Å². The summed E-state index contributed by atoms with van der Waals surface area (Å²) in [5, 5.41) is 0. The minimum Gasteiger partial charge on any atom is -0.496 e. The van der Waals surface area contributed by atoms with Crippen LogP contribution in [-0.4, -0.2) is 14.2 Å². The molecule has 0 atom stereocenters. The van der Waals surface area contributed by atoms with Crippen LogP contribution in [0.2, 0.25) is 0 Å². The van der Waals surface area contributed by atoms with Crippen LogP contribution in [0.25, 0.3) is 22.3 Å². The van der Waals surface area contributed by atoms with E-state index in [1.165, 1.54) is 22.3 Å². The predicted molar refractivity (Wildman–Crippen MR) is 124 cm³/mol. The zero-order valence-electron chi connectivity index (χ0n) is 17.5. The van der Waals surface area contributed by atoms with E-state index in [2.05, 4.69) is 84.9 Å². The van der Waals surface area contributed by atoms with Gasteiger partial charge in [0.1, 0.15) is 11.5 Å². The minimum atomic E-state index is 0.873. The first-order chi connectivity index (χ1) is 14.8. The maximum atomic E-state index is 5.84. The zero-order chi connectivity index (χ0) is 20.8. The Morgan fingerprint density at radius 2 is 0.867 bits per heavy atom. The summed E-state index contributed by atoms with van der Waals surface area (Å²) in [5.41, 5.74) is 6.98. The molecule has 0 aliphatic carbocycles. The highest BCUT2D eigenvalue weighted by Gasteiger charge is 2.14. The molecule has 0 heterocycles. The van der Waals surface area contributed by atoms with Crippen LogP contribution < -0.4 is 9.47 Å². The molecule has 0 N–H and O–H groups in total. The molecule has 0 saturated heterocycles. The lowest BCUT2D eigenvalue weighted by molar-refractivity contribution is 0.407. The van der Waals surface area contributed by atoms with E-state index in [0.29, 0.717) is 0 Å². The number of aryl methyl sites for hydroxylation is 2. The molecule has 30 heavy (non-hydrogen) atoms. The van der Waals surface area contributed by atoms with Crippen LogP contribution >= 0.6 is 0 Å². The molecule has 4 aromatic carbocycles. The zero-order valence-corrected chi connectivity index (χ0v) is 17.5. The van der Waals surface area contributed by atoms with E-state index in [-0.39, 0.29) is 0 Å². The second-order valence-electron chi connectivity index (χ2n) is 7.23. The van der Waals surface area contributed by atoms with Gasteiger partial charge < -0.3 is 9.47 Å². The highest BCUT2D eigenvalue weighted by atomic mass is 16.5. The molecular weight excluding hydrogens is 368 g/mol. The maximum absolute atomic E-state index is 5.84. The van der Waals surface area contributed by atoms with Gasteiger partial charge in [-0.15, -0.1) is 0 Å². The molecular formula is C28H26O2. The molecule has 0 bridgehead atoms. The molecule has 0 saturated carbocycles. The number of rotatable bonds is 7. The molecule has 0 spiro atoms. The molecule has 4 rings (SSSR count). The first-order valence-corrected chi connectivity index (χ1v) is 10.2. The minimum absolute atomic E-state index is 0.873. The monoisotopic (exact) mass is 394 g/mol. The molecule has 0 aliphatic heterocycles. The summed E-state index contributed by atoms with van der Waals surface area (Å²) in [7, 11) is 3.50. The quantitative estimate of drug-likeness (QED) is 0.342. The second kappa shape index (κ2) is 9.32. The number of para-hydroxylation sites is 2. The topological polar surface area (TPSA) is 18.5 Å². The molecule has 0 amide bonds. The van der Waals surface area contributed by atoms with Crippen molar-refractivity contribution in [1.82, 2.24) is 0 Å². The summed E-state index contributed by atoms with van der Waals surface area (Å²) in [6.45, 7) is 0. The van der Waals surface area contributed by atoms with E-state index < -0.39 is 0 Å². The van der Waals surface area contributed by atoms with Gasteiger partial charge in [0.25, 0.3) is 0 Å². The van der Waals surface area contributed by atoms with Crippen molar-refractivity contribution >= 4 is 0 Å². The molecule has 0 fully saturated rings. The molecule has 0 unspecified atom stereocenters. The van der Waals surface area contributed by atoms with Gasteiger partial charge >= 0.3 is 0 Å². The summed E-state index contributed by atoms with van der Waals surface area (Å²) >= 11 is 0. The molecule has 0 aliphatic rings. The fourth-order valence-electron chi connectivity index (χ4n) is 4.00. The average molecular weight is 395 g/mol. The van der Waals surface area contributed by atoms with Crippen LogP contribution in [0.5, 0.6) is 11.5 Å². The van der Waals surface area contributed by atoms with Gasteiger partial charge in [0.2, 0.25) is 0 Å². The van der Waals surface area contributed by atoms with Crippen molar-refractivity contribution in [3.63, 3.8) is 0 Å². The SMILES string of the molecule is COc1c(CCc2cccc(-c3ccccc3)c2OC)cccc1-c1ccccc1. The Balaban J connectivity index is 1.65. The molecule has 2 heteroatoms. The number of ether oxygens (including phenoxy) is 2. The summed E-state index contributed by atoms with van der Waals surface area (Å²) in [6.07, 6.45) is 1.75. The number of hydrogen-bond donors (Lipinski definition) is 0. The van der Waals surface area contributed by atoms with Crippen molar-refractivity contribution in [2.45, 2.75) is 12.8 Å². The van der Waals surface area contributed by atoms with Gasteiger partial charge in [-0.1, -0.05) is 97.1 Å². The Kier molecular flexibility index (Phi) is 6.14. The predicted octanol–water partition coefficient (Wildman–Crippen LogP) is 6.82. The molecule has 2 nitrogen and oxygen atoms in total.